The van der Waals surface area contributed by atoms with Crippen molar-refractivity contribution >= 4 is 28.2 Å². The number of pyridine rings is 1. The van der Waals surface area contributed by atoms with Gasteiger partial charge in [0.1, 0.15) is 5.75 Å². The highest BCUT2D eigenvalue weighted by molar-refractivity contribution is 5.80. The average molecular weight is 450 g/mol. The van der Waals surface area contributed by atoms with E-state index in [1.54, 1.807) is 0 Å². The van der Waals surface area contributed by atoms with Crippen molar-refractivity contribution in [2.75, 3.05) is 36.5 Å². The largest absolute Gasteiger partial charge is 0.494 e. The normalized spacial score (nSPS) is 14.3. The fourth-order valence-electron chi connectivity index (χ4n) is 4.24. The van der Waals surface area contributed by atoms with Gasteiger partial charge < -0.3 is 24.7 Å². The molecular formula is C26H31N3O4. The first kappa shape index (κ1) is 22.7. The minimum Gasteiger partial charge on any atom is -0.494 e. The molecule has 2 N–H and O–H groups in total. The van der Waals surface area contributed by atoms with Gasteiger partial charge in [0, 0.05) is 47.5 Å². The van der Waals surface area contributed by atoms with Crippen LogP contribution in [-0.4, -0.2) is 37.3 Å². The van der Waals surface area contributed by atoms with E-state index in [2.05, 4.69) is 27.3 Å². The fraction of sp³-hybridized carbons (Fsp3) is 0.385. The SMILES string of the molecule is CCOC(=O)C1CCN(c2ccc(NCc3cc4cc(OCC)ccc4[nH]c3=O)cc2)CC1. The number of piperidine rings is 1. The number of benzene rings is 2. The Balaban J connectivity index is 1.37. The second-order valence-electron chi connectivity index (χ2n) is 8.22. The first-order valence-electron chi connectivity index (χ1n) is 11.6. The molecule has 1 aromatic heterocycles. The number of fused-ring (bicyclic) bond motifs is 1. The van der Waals surface area contributed by atoms with Crippen LogP contribution in [0.5, 0.6) is 5.75 Å². The first-order chi connectivity index (χ1) is 16.1. The van der Waals surface area contributed by atoms with Crippen LogP contribution < -0.4 is 20.5 Å². The van der Waals surface area contributed by atoms with Crippen molar-refractivity contribution in [1.29, 1.82) is 0 Å². The summed E-state index contributed by atoms with van der Waals surface area (Å²) in [5.74, 6) is 0.721. The van der Waals surface area contributed by atoms with E-state index >= 15 is 0 Å². The lowest BCUT2D eigenvalue weighted by molar-refractivity contribution is -0.148. The molecule has 0 aliphatic carbocycles. The van der Waals surface area contributed by atoms with Crippen molar-refractivity contribution < 1.29 is 14.3 Å². The molecule has 3 aromatic rings. The van der Waals surface area contributed by atoms with Gasteiger partial charge in [0.05, 0.1) is 19.1 Å². The highest BCUT2D eigenvalue weighted by atomic mass is 16.5. The molecule has 0 bridgehead atoms. The number of carbonyl (C=O) groups is 1. The lowest BCUT2D eigenvalue weighted by Crippen LogP contribution is -2.36. The minimum absolute atomic E-state index is 0.00630. The molecule has 0 unspecified atom stereocenters. The van der Waals surface area contributed by atoms with Gasteiger partial charge in [0.25, 0.3) is 5.56 Å². The molecule has 4 rings (SSSR count). The number of aromatic nitrogens is 1. The number of hydrogen-bond acceptors (Lipinski definition) is 6. The van der Waals surface area contributed by atoms with Crippen molar-refractivity contribution in [3.05, 3.63) is 64.4 Å². The second kappa shape index (κ2) is 10.4. The highest BCUT2D eigenvalue weighted by Gasteiger charge is 2.26. The Bertz CT molecular complexity index is 1150. The lowest BCUT2D eigenvalue weighted by atomic mass is 9.96. The summed E-state index contributed by atoms with van der Waals surface area (Å²) in [7, 11) is 0. The van der Waals surface area contributed by atoms with E-state index in [9.17, 15) is 9.59 Å². The molecule has 1 fully saturated rings. The molecule has 0 atom stereocenters. The molecule has 2 aromatic carbocycles. The Morgan fingerprint density at radius 2 is 1.82 bits per heavy atom. The van der Waals surface area contributed by atoms with E-state index in [-0.39, 0.29) is 17.4 Å². The minimum atomic E-state index is -0.0970. The Morgan fingerprint density at radius 3 is 2.52 bits per heavy atom. The summed E-state index contributed by atoms with van der Waals surface area (Å²) in [6.45, 7) is 6.93. The number of nitrogens with one attached hydrogen (secondary N) is 2. The summed E-state index contributed by atoms with van der Waals surface area (Å²) in [6.07, 6.45) is 1.63. The topological polar surface area (TPSA) is 83.7 Å². The monoisotopic (exact) mass is 449 g/mol. The maximum Gasteiger partial charge on any atom is 0.309 e. The number of carbonyl (C=O) groups excluding carboxylic acids is 1. The quantitative estimate of drug-likeness (QED) is 0.499. The van der Waals surface area contributed by atoms with Crippen molar-refractivity contribution in [2.24, 2.45) is 5.92 Å². The molecule has 2 heterocycles. The number of anilines is 2. The van der Waals surface area contributed by atoms with Gasteiger partial charge in [-0.15, -0.1) is 0 Å². The third-order valence-corrected chi connectivity index (χ3v) is 6.03. The van der Waals surface area contributed by atoms with Crippen molar-refractivity contribution in [1.82, 2.24) is 4.98 Å². The predicted molar refractivity (Wildman–Crippen MR) is 131 cm³/mol. The van der Waals surface area contributed by atoms with Crippen molar-refractivity contribution in [3.8, 4) is 5.75 Å². The zero-order chi connectivity index (χ0) is 23.2. The lowest BCUT2D eigenvalue weighted by Gasteiger charge is -2.32. The summed E-state index contributed by atoms with van der Waals surface area (Å²) >= 11 is 0. The van der Waals surface area contributed by atoms with Crippen LogP contribution in [0.3, 0.4) is 0 Å². The molecule has 33 heavy (non-hydrogen) atoms. The van der Waals surface area contributed by atoms with Gasteiger partial charge in [0.15, 0.2) is 0 Å². The first-order valence-corrected chi connectivity index (χ1v) is 11.6. The molecule has 174 valence electrons. The molecule has 0 saturated carbocycles. The molecular weight excluding hydrogens is 418 g/mol. The van der Waals surface area contributed by atoms with Crippen LogP contribution in [0, 0.1) is 5.92 Å². The number of ether oxygens (including phenoxy) is 2. The maximum atomic E-state index is 12.5. The number of H-pyrrole nitrogens is 1. The van der Waals surface area contributed by atoms with Crippen LogP contribution >= 0.6 is 0 Å². The molecule has 7 nitrogen and oxygen atoms in total. The van der Waals surface area contributed by atoms with Crippen molar-refractivity contribution in [3.63, 3.8) is 0 Å². The molecule has 0 radical (unpaired) electrons. The van der Waals surface area contributed by atoms with Crippen LogP contribution in [-0.2, 0) is 16.1 Å². The van der Waals surface area contributed by atoms with Crippen LogP contribution in [0.1, 0.15) is 32.3 Å². The number of esters is 1. The third kappa shape index (κ3) is 5.48. The van der Waals surface area contributed by atoms with Gasteiger partial charge in [-0.2, -0.15) is 0 Å². The Morgan fingerprint density at radius 1 is 1.06 bits per heavy atom. The van der Waals surface area contributed by atoms with Gasteiger partial charge in [-0.25, -0.2) is 0 Å². The van der Waals surface area contributed by atoms with E-state index in [1.165, 1.54) is 0 Å². The van der Waals surface area contributed by atoms with Gasteiger partial charge >= 0.3 is 5.97 Å². The van der Waals surface area contributed by atoms with Crippen molar-refractivity contribution in [2.45, 2.75) is 33.2 Å². The van der Waals surface area contributed by atoms with E-state index in [4.69, 9.17) is 9.47 Å². The molecule has 1 aliphatic rings. The van der Waals surface area contributed by atoms with E-state index in [0.29, 0.717) is 25.3 Å². The maximum absolute atomic E-state index is 12.5. The smallest absolute Gasteiger partial charge is 0.309 e. The third-order valence-electron chi connectivity index (χ3n) is 6.03. The van der Waals surface area contributed by atoms with Gasteiger partial charge in [0.2, 0.25) is 0 Å². The number of nitrogens with zero attached hydrogens (tertiary/aromatic N) is 1. The zero-order valence-electron chi connectivity index (χ0n) is 19.2. The Kier molecular flexibility index (Phi) is 7.17. The zero-order valence-corrected chi connectivity index (χ0v) is 19.2. The molecule has 1 aliphatic heterocycles. The summed E-state index contributed by atoms with van der Waals surface area (Å²) in [6, 6.07) is 15.8. The average Bonchev–Trinajstić information content (AvgIpc) is 2.84. The number of rotatable bonds is 8. The Hall–Kier alpha value is -3.48. The van der Waals surface area contributed by atoms with E-state index < -0.39 is 0 Å². The van der Waals surface area contributed by atoms with Crippen LogP contribution in [0.25, 0.3) is 10.9 Å². The standard InChI is InChI=1S/C26H31N3O4/c1-3-32-23-9-10-24-19(16-23)15-20(25(30)28-24)17-27-21-5-7-22(8-6-21)29-13-11-18(12-14-29)26(31)33-4-2/h5-10,15-16,18,27H,3-4,11-14,17H2,1-2H3,(H,28,30). The summed E-state index contributed by atoms with van der Waals surface area (Å²) < 4.78 is 10.7. The Labute approximate surface area is 193 Å². The molecule has 1 saturated heterocycles. The van der Waals surface area contributed by atoms with Gasteiger partial charge in [-0.05, 0) is 75.2 Å². The summed E-state index contributed by atoms with van der Waals surface area (Å²) in [5.41, 5.74) is 3.45. The van der Waals surface area contributed by atoms with E-state index in [0.717, 1.165) is 54.0 Å². The van der Waals surface area contributed by atoms with Crippen LogP contribution in [0.2, 0.25) is 0 Å². The van der Waals surface area contributed by atoms with E-state index in [1.807, 2.05) is 50.2 Å². The molecule has 0 amide bonds. The molecule has 0 spiro atoms. The summed E-state index contributed by atoms with van der Waals surface area (Å²) in [5, 5.41) is 4.28. The molecule has 7 heteroatoms. The highest BCUT2D eigenvalue weighted by Crippen LogP contribution is 2.26. The van der Waals surface area contributed by atoms with Gasteiger partial charge in [-0.3, -0.25) is 9.59 Å². The number of hydrogen-bond donors (Lipinski definition) is 2. The van der Waals surface area contributed by atoms with Crippen LogP contribution in [0.15, 0.2) is 53.3 Å². The summed E-state index contributed by atoms with van der Waals surface area (Å²) in [4.78, 5) is 29.7. The fourth-order valence-corrected chi connectivity index (χ4v) is 4.24. The number of aromatic amines is 1. The van der Waals surface area contributed by atoms with Gasteiger partial charge in [-0.1, -0.05) is 0 Å². The predicted octanol–water partition coefficient (Wildman–Crippen LogP) is 4.32. The van der Waals surface area contributed by atoms with Crippen LogP contribution in [0.4, 0.5) is 11.4 Å². The second-order valence-corrected chi connectivity index (χ2v) is 8.22.